The first-order valence-electron chi connectivity index (χ1n) is 37.9. The summed E-state index contributed by atoms with van der Waals surface area (Å²) in [5.74, 6) is -15.0. The summed E-state index contributed by atoms with van der Waals surface area (Å²) in [6, 6.07) is -12.0. The molecule has 1 rings (SSSR count). The molecule has 1 aromatic rings. The second-order valence-corrected chi connectivity index (χ2v) is 28.1. The van der Waals surface area contributed by atoms with Gasteiger partial charge in [0.2, 0.25) is 65.0 Å². The zero-order valence-electron chi connectivity index (χ0n) is 63.6. The van der Waals surface area contributed by atoms with Crippen LogP contribution in [0.4, 0.5) is 0 Å². The number of amides is 11. The van der Waals surface area contributed by atoms with Crippen molar-refractivity contribution < 1.29 is 87.5 Å². The van der Waals surface area contributed by atoms with Gasteiger partial charge in [-0.1, -0.05) is 38.8 Å². The number of carboxylic acid groups (broad SMARTS) is 3. The van der Waals surface area contributed by atoms with Crippen LogP contribution < -0.4 is 104 Å². The van der Waals surface area contributed by atoms with E-state index in [0.717, 1.165) is 0 Å². The van der Waals surface area contributed by atoms with Crippen LogP contribution in [0.5, 0.6) is 5.75 Å². The molecule has 0 heterocycles. The number of rotatable bonds is 63. The Morgan fingerprint density at radius 1 is 0.358 bits per heavy atom. The van der Waals surface area contributed by atoms with Crippen molar-refractivity contribution in [1.29, 1.82) is 0 Å². The smallest absolute Gasteiger partial charge is 0.326 e. The second-order valence-electron chi connectivity index (χ2n) is 27.1. The van der Waals surface area contributed by atoms with E-state index >= 15 is 0 Å². The monoisotopic (exact) mass is 1570 g/mol. The normalized spacial score (nSPS) is 14.8. The lowest BCUT2D eigenvalue weighted by Crippen LogP contribution is -2.61. The highest BCUT2D eigenvalue weighted by molar-refractivity contribution is 7.98. The Morgan fingerprint density at radius 3 is 1.00 bits per heavy atom. The molecule has 0 saturated heterocycles. The molecule has 38 heteroatoms. The van der Waals surface area contributed by atoms with E-state index in [1.807, 2.05) is 0 Å². The highest BCUT2D eigenvalue weighted by Gasteiger charge is 2.38. The molecular formula is C71H127N19O18S. The fraction of sp³-hybridized carbons (Fsp3) is 0.718. The van der Waals surface area contributed by atoms with Gasteiger partial charge in [-0.25, -0.2) is 4.79 Å². The van der Waals surface area contributed by atoms with E-state index in [4.69, 9.17) is 45.9 Å². The number of phenols is 1. The first-order chi connectivity index (χ1) is 52.0. The van der Waals surface area contributed by atoms with Crippen LogP contribution in [0.1, 0.15) is 186 Å². The van der Waals surface area contributed by atoms with Crippen LogP contribution in [-0.2, 0) is 73.5 Å². The number of unbranched alkanes of at least 4 members (excludes halogenated alkanes) is 7. The van der Waals surface area contributed by atoms with Crippen LogP contribution in [0.25, 0.3) is 0 Å². The Labute approximate surface area is 642 Å². The highest BCUT2D eigenvalue weighted by atomic mass is 32.2. The molecule has 0 unspecified atom stereocenters. The summed E-state index contributed by atoms with van der Waals surface area (Å²) in [5.41, 5.74) is 46.6. The van der Waals surface area contributed by atoms with E-state index in [1.54, 1.807) is 20.1 Å². The summed E-state index contributed by atoms with van der Waals surface area (Å²) < 4.78 is 0. The standard InChI is InChI=1S/C71H127N19O18S/c1-4-43(2)59(90-67(103)51(24-10-17-38-77)80-60(96)46(79)19-5-12-33-72)70(106)86-50(23-9-16-37-76)62(98)84-52(30-31-57(92)93)65(101)81-49(22-8-15-36-75)64(100)88-55(41-44-26-28-45(91)29-27-44)68(104)89-56(42-58(94)95)69(105)83-47(20-6-13-34-73)61(97)85-53(32-40-109-3)66(102)82-48(21-7-14-35-74)63(99)87-54(71(107)108)25-11-18-39-78/h26-29,43,46-56,59,91H,4-25,30-42,72-79H2,1-3H3,(H,80,96)(H,81,101)(H,82,102)(H,83,105)(H,84,98)(H,85,97)(H,86,106)(H,87,99)(H,88,100)(H,89,104)(H,90,103)(H,92,93)(H,94,95)(H,107,108)/t43-,46-,47-,48-,49-,50-,51-,52-,53-,54-,55-,56-,59-/m0/s1. The van der Waals surface area contributed by atoms with Gasteiger partial charge in [-0.3, -0.25) is 62.3 Å². The Bertz CT molecular complexity index is 2960. The Hall–Kier alpha value is -8.37. The van der Waals surface area contributed by atoms with Crippen LogP contribution in [-0.4, -0.2) is 234 Å². The van der Waals surface area contributed by atoms with Gasteiger partial charge in [-0.05, 0) is 223 Å². The molecule has 11 amide bonds. The number of phenolic OH excluding ortho intramolecular Hbond substituents is 1. The van der Waals surface area contributed by atoms with Gasteiger partial charge in [0.25, 0.3) is 0 Å². The van der Waals surface area contributed by atoms with Gasteiger partial charge in [0.05, 0.1) is 12.5 Å². The summed E-state index contributed by atoms with van der Waals surface area (Å²) in [5, 5.41) is 68.6. The molecule has 109 heavy (non-hydrogen) atoms. The number of nitrogens with one attached hydrogen (secondary N) is 11. The number of aromatic hydroxyl groups is 1. The quantitative estimate of drug-likeness (QED) is 0.0284. The van der Waals surface area contributed by atoms with E-state index in [2.05, 4.69) is 58.5 Å². The maximum absolute atomic E-state index is 14.8. The first kappa shape index (κ1) is 98.6. The largest absolute Gasteiger partial charge is 0.508 e. The number of hydrogen-bond donors (Lipinski definition) is 23. The molecule has 0 saturated carbocycles. The van der Waals surface area contributed by atoms with Gasteiger partial charge in [-0.15, -0.1) is 0 Å². The lowest BCUT2D eigenvalue weighted by Gasteiger charge is -2.29. The van der Waals surface area contributed by atoms with Crippen molar-refractivity contribution in [3.05, 3.63) is 29.8 Å². The minimum atomic E-state index is -1.99. The minimum absolute atomic E-state index is 0.0137. The van der Waals surface area contributed by atoms with Crippen LogP contribution >= 0.6 is 11.8 Å². The molecule has 1 aromatic carbocycles. The Morgan fingerprint density at radius 2 is 0.651 bits per heavy atom. The average Bonchev–Trinajstić information content (AvgIpc) is 0.851. The van der Waals surface area contributed by atoms with Crippen LogP contribution in [0.15, 0.2) is 24.3 Å². The zero-order valence-corrected chi connectivity index (χ0v) is 64.4. The maximum atomic E-state index is 14.8. The molecule has 620 valence electrons. The Kier molecular flexibility index (Phi) is 52.2. The van der Waals surface area contributed by atoms with Crippen LogP contribution in [0, 0.1) is 5.92 Å². The van der Waals surface area contributed by atoms with Gasteiger partial charge in [0.1, 0.15) is 72.2 Å². The van der Waals surface area contributed by atoms with E-state index < -0.39 is 187 Å². The predicted octanol–water partition coefficient (Wildman–Crippen LogP) is -3.28. The van der Waals surface area contributed by atoms with E-state index in [1.165, 1.54) is 36.0 Å². The lowest BCUT2D eigenvalue weighted by atomic mass is 9.96. The first-order valence-corrected chi connectivity index (χ1v) is 39.3. The molecule has 0 bridgehead atoms. The van der Waals surface area contributed by atoms with Crippen LogP contribution in [0.3, 0.4) is 0 Å². The zero-order chi connectivity index (χ0) is 81.8. The summed E-state index contributed by atoms with van der Waals surface area (Å²) in [4.78, 5) is 194. The molecular weight excluding hydrogens is 1440 g/mol. The van der Waals surface area contributed by atoms with Gasteiger partial charge < -0.3 is 125 Å². The van der Waals surface area contributed by atoms with Crippen LogP contribution in [0.2, 0.25) is 0 Å². The fourth-order valence-electron chi connectivity index (χ4n) is 11.4. The number of nitrogens with two attached hydrogens (primary N) is 8. The number of carbonyl (C=O) groups excluding carboxylic acids is 11. The van der Waals surface area contributed by atoms with Crippen molar-refractivity contribution in [2.24, 2.45) is 51.8 Å². The molecule has 0 radical (unpaired) electrons. The number of benzene rings is 1. The van der Waals surface area contributed by atoms with E-state index in [0.29, 0.717) is 102 Å². The van der Waals surface area contributed by atoms with E-state index in [-0.39, 0.29) is 108 Å². The van der Waals surface area contributed by atoms with Gasteiger partial charge >= 0.3 is 17.9 Å². The van der Waals surface area contributed by atoms with Crippen molar-refractivity contribution in [2.45, 2.75) is 260 Å². The average molecular weight is 1570 g/mol. The predicted molar refractivity (Wildman–Crippen MR) is 411 cm³/mol. The third-order valence-electron chi connectivity index (χ3n) is 18.1. The topological polar surface area (TPSA) is 660 Å². The SMILES string of the molecule is CC[C@H](C)[C@H](NC(=O)[C@H](CCCCN)NC(=O)[C@@H](N)CCCCN)C(=O)N[C@@H](CCCCN)C(=O)N[C@@H](CCC(=O)O)C(=O)N[C@@H](CCCCN)C(=O)N[C@@H](Cc1ccc(O)cc1)C(=O)N[C@@H](CC(=O)O)C(=O)N[C@@H](CCCCN)C(=O)N[C@@H](CCSC)C(=O)N[C@@H](CCCCN)C(=O)N[C@@H](CCCCN)C(=O)O. The van der Waals surface area contributed by atoms with Crippen molar-refractivity contribution in [2.75, 3.05) is 57.8 Å². The summed E-state index contributed by atoms with van der Waals surface area (Å²) in [6.45, 7) is 5.12. The van der Waals surface area contributed by atoms with Gasteiger partial charge in [-0.2, -0.15) is 11.8 Å². The summed E-state index contributed by atoms with van der Waals surface area (Å²) in [6.07, 6.45) is 4.80. The molecule has 0 aliphatic carbocycles. The summed E-state index contributed by atoms with van der Waals surface area (Å²) in [7, 11) is 0. The molecule has 0 fully saturated rings. The molecule has 0 spiro atoms. The van der Waals surface area contributed by atoms with Crippen molar-refractivity contribution in [3.8, 4) is 5.75 Å². The highest BCUT2D eigenvalue weighted by Crippen LogP contribution is 2.17. The number of hydrogen-bond acceptors (Lipinski definition) is 24. The third kappa shape index (κ3) is 41.3. The van der Waals surface area contributed by atoms with Gasteiger partial charge in [0, 0.05) is 12.8 Å². The molecule has 0 aliphatic heterocycles. The fourth-order valence-corrected chi connectivity index (χ4v) is 11.8. The minimum Gasteiger partial charge on any atom is -0.508 e. The van der Waals surface area contributed by atoms with Crippen molar-refractivity contribution >= 4 is 94.6 Å². The number of aliphatic carboxylic acids is 3. The molecule has 37 nitrogen and oxygen atoms in total. The molecule has 0 aromatic heterocycles. The van der Waals surface area contributed by atoms with E-state index in [9.17, 15) is 87.5 Å². The van der Waals surface area contributed by atoms with Crippen molar-refractivity contribution in [1.82, 2.24) is 58.5 Å². The third-order valence-corrected chi connectivity index (χ3v) is 18.7. The molecule has 0 aliphatic rings. The number of thioether (sulfide) groups is 1. The lowest BCUT2D eigenvalue weighted by molar-refractivity contribution is -0.143. The molecule has 13 atom stereocenters. The van der Waals surface area contributed by atoms with Gasteiger partial charge in [0.15, 0.2) is 0 Å². The maximum Gasteiger partial charge on any atom is 0.326 e. The van der Waals surface area contributed by atoms with Crippen molar-refractivity contribution in [3.63, 3.8) is 0 Å². The number of carbonyl (C=O) groups is 14. The molecule has 31 N–H and O–H groups in total. The number of carboxylic acids is 3. The second kappa shape index (κ2) is 57.7. The summed E-state index contributed by atoms with van der Waals surface area (Å²) >= 11 is 1.32. The Balaban J connectivity index is 3.86.